The molecule has 4 rings (SSSR count). The molecule has 3 aromatic carbocycles. The summed E-state index contributed by atoms with van der Waals surface area (Å²) < 4.78 is 7.15. The van der Waals surface area contributed by atoms with Crippen LogP contribution in [0.2, 0.25) is 0 Å². The van der Waals surface area contributed by atoms with E-state index in [-0.39, 0.29) is 23.2 Å². The zero-order valence-electron chi connectivity index (χ0n) is 19.0. The number of hydrazone groups is 1. The van der Waals surface area contributed by atoms with Gasteiger partial charge in [-0.25, -0.2) is 5.43 Å². The summed E-state index contributed by atoms with van der Waals surface area (Å²) in [6, 6.07) is 19.7. The van der Waals surface area contributed by atoms with Crippen LogP contribution in [0.25, 0.3) is 17.1 Å². The van der Waals surface area contributed by atoms with Crippen molar-refractivity contribution in [2.75, 3.05) is 12.9 Å². The summed E-state index contributed by atoms with van der Waals surface area (Å²) in [6.45, 7) is 2.01. The van der Waals surface area contributed by atoms with Gasteiger partial charge in [-0.1, -0.05) is 29.5 Å². The highest BCUT2D eigenvalue weighted by molar-refractivity contribution is 7.99. The minimum atomic E-state index is -0.335. The summed E-state index contributed by atoms with van der Waals surface area (Å²) in [5.74, 6) is 0.617. The van der Waals surface area contributed by atoms with Gasteiger partial charge in [0.15, 0.2) is 22.5 Å². The average molecular weight is 490 g/mol. The first kappa shape index (κ1) is 23.8. The molecule has 1 amide bonds. The zero-order valence-corrected chi connectivity index (χ0v) is 19.9. The lowest BCUT2D eigenvalue weighted by molar-refractivity contribution is -0.118. The lowest BCUT2D eigenvalue weighted by atomic mass is 10.2. The van der Waals surface area contributed by atoms with Gasteiger partial charge in [0.1, 0.15) is 5.75 Å². The van der Waals surface area contributed by atoms with Gasteiger partial charge in [-0.2, -0.15) is 5.10 Å². The summed E-state index contributed by atoms with van der Waals surface area (Å²) in [7, 11) is 1.61. The van der Waals surface area contributed by atoms with Crippen LogP contribution in [0.5, 0.6) is 17.2 Å². The van der Waals surface area contributed by atoms with Crippen LogP contribution >= 0.6 is 11.8 Å². The minimum Gasteiger partial charge on any atom is -0.504 e. The van der Waals surface area contributed by atoms with E-state index in [1.165, 1.54) is 30.1 Å². The number of hydrogen-bond acceptors (Lipinski definition) is 8. The Balaban J connectivity index is 1.51. The number of phenols is 2. The van der Waals surface area contributed by atoms with E-state index in [0.29, 0.717) is 16.5 Å². The topological polar surface area (TPSA) is 122 Å². The van der Waals surface area contributed by atoms with E-state index >= 15 is 0 Å². The fourth-order valence-electron chi connectivity index (χ4n) is 3.18. The first-order valence-corrected chi connectivity index (χ1v) is 11.6. The number of aromatic hydroxyl groups is 2. The molecule has 0 unspecified atom stereocenters. The van der Waals surface area contributed by atoms with Crippen molar-refractivity contribution in [1.82, 2.24) is 20.2 Å². The van der Waals surface area contributed by atoms with E-state index in [1.807, 2.05) is 60.0 Å². The molecular formula is C25H23N5O4S. The predicted molar refractivity (Wildman–Crippen MR) is 134 cm³/mol. The second-order valence-corrected chi connectivity index (χ2v) is 8.48. The summed E-state index contributed by atoms with van der Waals surface area (Å²) in [5.41, 5.74) is 5.83. The Morgan fingerprint density at radius 3 is 2.49 bits per heavy atom. The van der Waals surface area contributed by atoms with Gasteiger partial charge in [0.05, 0.1) is 19.1 Å². The van der Waals surface area contributed by atoms with E-state index in [9.17, 15) is 15.0 Å². The van der Waals surface area contributed by atoms with E-state index in [4.69, 9.17) is 4.74 Å². The van der Waals surface area contributed by atoms with Crippen molar-refractivity contribution in [3.05, 3.63) is 77.9 Å². The summed E-state index contributed by atoms with van der Waals surface area (Å²) in [6.07, 6.45) is 1.37. The quantitative estimate of drug-likeness (QED) is 0.148. The summed E-state index contributed by atoms with van der Waals surface area (Å²) >= 11 is 1.23. The highest BCUT2D eigenvalue weighted by Gasteiger charge is 2.17. The Morgan fingerprint density at radius 1 is 1.06 bits per heavy atom. The van der Waals surface area contributed by atoms with Gasteiger partial charge in [0, 0.05) is 11.3 Å². The molecule has 0 aliphatic carbocycles. The van der Waals surface area contributed by atoms with E-state index in [2.05, 4.69) is 20.7 Å². The molecule has 0 fully saturated rings. The zero-order chi connectivity index (χ0) is 24.8. The van der Waals surface area contributed by atoms with Crippen LogP contribution in [0.3, 0.4) is 0 Å². The Labute approximate surface area is 206 Å². The molecule has 35 heavy (non-hydrogen) atoms. The second-order valence-electron chi connectivity index (χ2n) is 7.54. The second kappa shape index (κ2) is 10.7. The number of carbonyl (C=O) groups excluding carboxylic acids is 1. The highest BCUT2D eigenvalue weighted by Crippen LogP contribution is 2.29. The van der Waals surface area contributed by atoms with Crippen molar-refractivity contribution in [2.24, 2.45) is 5.10 Å². The Kier molecular flexibility index (Phi) is 7.32. The van der Waals surface area contributed by atoms with Gasteiger partial charge in [-0.15, -0.1) is 10.2 Å². The number of nitrogens with one attached hydrogen (secondary N) is 1. The third-order valence-corrected chi connectivity index (χ3v) is 5.94. The molecule has 0 aliphatic rings. The van der Waals surface area contributed by atoms with Crippen LogP contribution < -0.4 is 10.2 Å². The van der Waals surface area contributed by atoms with Crippen molar-refractivity contribution in [2.45, 2.75) is 12.1 Å². The van der Waals surface area contributed by atoms with Crippen molar-refractivity contribution < 1.29 is 19.7 Å². The number of benzene rings is 3. The third-order valence-electron chi connectivity index (χ3n) is 5.01. The third kappa shape index (κ3) is 5.79. The Bertz CT molecular complexity index is 1350. The molecule has 0 spiro atoms. The number of hydrogen-bond donors (Lipinski definition) is 3. The number of aryl methyl sites for hydroxylation is 1. The molecule has 1 heterocycles. The number of methoxy groups -OCH3 is 1. The first-order chi connectivity index (χ1) is 16.9. The normalized spacial score (nSPS) is 11.0. The Morgan fingerprint density at radius 2 is 1.80 bits per heavy atom. The van der Waals surface area contributed by atoms with Gasteiger partial charge in [0.2, 0.25) is 0 Å². The molecule has 178 valence electrons. The maximum Gasteiger partial charge on any atom is 0.250 e. The monoisotopic (exact) mass is 489 g/mol. The number of thioether (sulfide) groups is 1. The highest BCUT2D eigenvalue weighted by atomic mass is 32.2. The predicted octanol–water partition coefficient (Wildman–Crippen LogP) is 3.90. The maximum atomic E-state index is 12.4. The van der Waals surface area contributed by atoms with Crippen LogP contribution in [0.15, 0.2) is 77.0 Å². The van der Waals surface area contributed by atoms with Gasteiger partial charge < -0.3 is 14.9 Å². The van der Waals surface area contributed by atoms with E-state index < -0.39 is 0 Å². The van der Waals surface area contributed by atoms with E-state index in [1.54, 1.807) is 13.2 Å². The van der Waals surface area contributed by atoms with Gasteiger partial charge in [-0.05, 0) is 67.1 Å². The number of amides is 1. The SMILES string of the molecule is COc1ccc(-c2nnc(SCC(=O)N/N=C\c3ccc(O)c(O)c3)n2-c2ccc(C)cc2)cc1. The molecule has 0 bridgehead atoms. The van der Waals surface area contributed by atoms with Crippen LogP contribution in [-0.4, -0.2) is 50.0 Å². The fourth-order valence-corrected chi connectivity index (χ4v) is 3.92. The number of ether oxygens (including phenoxy) is 1. The van der Waals surface area contributed by atoms with Crippen LogP contribution in [-0.2, 0) is 4.79 Å². The molecule has 10 heteroatoms. The van der Waals surface area contributed by atoms with Crippen LogP contribution in [0.4, 0.5) is 0 Å². The van der Waals surface area contributed by atoms with Crippen molar-refractivity contribution >= 4 is 23.9 Å². The van der Waals surface area contributed by atoms with Crippen LogP contribution in [0.1, 0.15) is 11.1 Å². The van der Waals surface area contributed by atoms with Crippen molar-refractivity contribution in [3.8, 4) is 34.3 Å². The average Bonchev–Trinajstić information content (AvgIpc) is 3.29. The lowest BCUT2D eigenvalue weighted by Crippen LogP contribution is -2.20. The van der Waals surface area contributed by atoms with Crippen molar-refractivity contribution in [3.63, 3.8) is 0 Å². The smallest absolute Gasteiger partial charge is 0.250 e. The number of carbonyl (C=O) groups is 1. The molecule has 3 N–H and O–H groups in total. The standard InChI is InChI=1S/C25H23N5O4S/c1-16-3-8-19(9-4-16)30-24(18-6-10-20(34-2)11-7-18)28-29-25(30)35-15-23(33)27-26-14-17-5-12-21(31)22(32)13-17/h3-14,31-32H,15H2,1-2H3,(H,27,33)/b26-14-. The van der Waals surface area contributed by atoms with Crippen molar-refractivity contribution in [1.29, 1.82) is 0 Å². The summed E-state index contributed by atoms with van der Waals surface area (Å²) in [4.78, 5) is 12.4. The number of phenolic OH excluding ortho intramolecular Hbond substituents is 2. The van der Waals surface area contributed by atoms with E-state index in [0.717, 1.165) is 22.6 Å². The fraction of sp³-hybridized carbons (Fsp3) is 0.120. The molecule has 1 aromatic heterocycles. The molecule has 0 saturated heterocycles. The number of nitrogens with zero attached hydrogens (tertiary/aromatic N) is 4. The van der Waals surface area contributed by atoms with Gasteiger partial charge in [-0.3, -0.25) is 9.36 Å². The molecule has 0 aliphatic heterocycles. The maximum absolute atomic E-state index is 12.4. The van der Waals surface area contributed by atoms with Crippen LogP contribution in [0, 0.1) is 6.92 Å². The molecule has 0 atom stereocenters. The molecule has 9 nitrogen and oxygen atoms in total. The molecule has 0 saturated carbocycles. The Hall–Kier alpha value is -4.31. The number of rotatable bonds is 8. The molecule has 0 radical (unpaired) electrons. The minimum absolute atomic E-state index is 0.0603. The first-order valence-electron chi connectivity index (χ1n) is 10.6. The van der Waals surface area contributed by atoms with Gasteiger partial charge in [0.25, 0.3) is 5.91 Å². The molecular weight excluding hydrogens is 466 g/mol. The summed E-state index contributed by atoms with van der Waals surface area (Å²) in [5, 5.41) is 32.1. The largest absolute Gasteiger partial charge is 0.504 e. The lowest BCUT2D eigenvalue weighted by Gasteiger charge is -2.11. The number of aromatic nitrogens is 3. The van der Waals surface area contributed by atoms with Gasteiger partial charge >= 0.3 is 0 Å². The molecule has 4 aromatic rings.